The van der Waals surface area contributed by atoms with Gasteiger partial charge in [-0.25, -0.2) is 0 Å². The molecule has 0 aliphatic carbocycles. The molecule has 0 fully saturated rings. The van der Waals surface area contributed by atoms with Gasteiger partial charge in [0.05, 0.1) is 17.8 Å². The van der Waals surface area contributed by atoms with Gasteiger partial charge in [-0.1, -0.05) is 11.6 Å². The van der Waals surface area contributed by atoms with E-state index in [1.807, 2.05) is 6.92 Å². The van der Waals surface area contributed by atoms with Crippen LogP contribution >= 0.6 is 11.6 Å². The van der Waals surface area contributed by atoms with Gasteiger partial charge in [-0.05, 0) is 19.1 Å². The van der Waals surface area contributed by atoms with Crippen LogP contribution in [0.15, 0.2) is 12.1 Å². The third kappa shape index (κ3) is 1.40. The van der Waals surface area contributed by atoms with Crippen LogP contribution in [-0.4, -0.2) is 7.11 Å². The summed E-state index contributed by atoms with van der Waals surface area (Å²) in [5.74, 6) is 0.768. The molecule has 3 heteroatoms. The number of hydrogen-bond donors (Lipinski definition) is 1. The number of nitrogens with two attached hydrogens (primary N) is 1. The van der Waals surface area contributed by atoms with Crippen LogP contribution in [0, 0.1) is 6.92 Å². The summed E-state index contributed by atoms with van der Waals surface area (Å²) >= 11 is 5.86. The lowest BCUT2D eigenvalue weighted by Gasteiger charge is -2.07. The fourth-order valence-electron chi connectivity index (χ4n) is 0.909. The molecule has 0 saturated carbocycles. The van der Waals surface area contributed by atoms with Crippen molar-refractivity contribution in [3.05, 3.63) is 22.7 Å². The van der Waals surface area contributed by atoms with E-state index in [1.54, 1.807) is 19.2 Å². The average molecular weight is 172 g/mol. The van der Waals surface area contributed by atoms with E-state index in [1.165, 1.54) is 0 Å². The molecule has 1 rings (SSSR count). The number of anilines is 1. The lowest BCUT2D eigenvalue weighted by molar-refractivity contribution is 0.412. The number of benzene rings is 1. The molecule has 0 spiro atoms. The fourth-order valence-corrected chi connectivity index (χ4v) is 1.07. The van der Waals surface area contributed by atoms with Crippen molar-refractivity contribution < 1.29 is 4.74 Å². The normalized spacial score (nSPS) is 9.73. The molecule has 0 aliphatic heterocycles. The topological polar surface area (TPSA) is 35.2 Å². The molecule has 0 heterocycles. The summed E-state index contributed by atoms with van der Waals surface area (Å²) < 4.78 is 5.04. The van der Waals surface area contributed by atoms with Gasteiger partial charge in [-0.2, -0.15) is 0 Å². The summed E-state index contributed by atoms with van der Waals surface area (Å²) in [6.07, 6.45) is 0. The van der Waals surface area contributed by atoms with Gasteiger partial charge >= 0.3 is 0 Å². The Hall–Kier alpha value is -0.890. The molecule has 0 radical (unpaired) electrons. The smallest absolute Gasteiger partial charge is 0.123 e. The van der Waals surface area contributed by atoms with E-state index in [2.05, 4.69) is 0 Å². The van der Waals surface area contributed by atoms with Crippen LogP contribution < -0.4 is 10.5 Å². The summed E-state index contributed by atoms with van der Waals surface area (Å²) in [6.45, 7) is 1.87. The summed E-state index contributed by atoms with van der Waals surface area (Å²) in [5, 5.41) is 0.573. The Morgan fingerprint density at radius 1 is 1.45 bits per heavy atom. The molecule has 0 bridgehead atoms. The number of nitrogen functional groups attached to an aromatic ring is 1. The number of ether oxygens (including phenoxy) is 1. The van der Waals surface area contributed by atoms with Gasteiger partial charge in [0.2, 0.25) is 0 Å². The molecular formula is C8H10ClNO. The molecule has 2 nitrogen and oxygen atoms in total. The maximum Gasteiger partial charge on any atom is 0.123 e. The third-order valence-electron chi connectivity index (χ3n) is 1.59. The number of hydrogen-bond acceptors (Lipinski definition) is 2. The minimum absolute atomic E-state index is 0.573. The van der Waals surface area contributed by atoms with Crippen LogP contribution in [0.25, 0.3) is 0 Å². The van der Waals surface area contributed by atoms with Crippen LogP contribution in [0.1, 0.15) is 5.56 Å². The molecule has 0 aliphatic rings. The Balaban J connectivity index is 3.25. The minimum atomic E-state index is 0.573. The number of methoxy groups -OCH3 is 1. The highest BCUT2D eigenvalue weighted by Gasteiger charge is 2.04. The largest absolute Gasteiger partial charge is 0.496 e. The van der Waals surface area contributed by atoms with Crippen molar-refractivity contribution in [3.63, 3.8) is 0 Å². The van der Waals surface area contributed by atoms with Crippen LogP contribution in [0.2, 0.25) is 5.02 Å². The van der Waals surface area contributed by atoms with Crippen molar-refractivity contribution in [1.82, 2.24) is 0 Å². The van der Waals surface area contributed by atoms with Gasteiger partial charge in [0.25, 0.3) is 0 Å². The molecule has 0 aromatic heterocycles. The standard InChI is InChI=1S/C8H10ClNO/c1-5-7(11-2)4-3-6(10)8(5)9/h3-4H,10H2,1-2H3. The predicted octanol–water partition coefficient (Wildman–Crippen LogP) is 2.24. The van der Waals surface area contributed by atoms with E-state index in [0.29, 0.717) is 10.7 Å². The van der Waals surface area contributed by atoms with E-state index in [4.69, 9.17) is 22.1 Å². The van der Waals surface area contributed by atoms with Crippen LogP contribution in [0.5, 0.6) is 5.75 Å². The maximum atomic E-state index is 5.86. The minimum Gasteiger partial charge on any atom is -0.496 e. The Labute approximate surface area is 70.9 Å². The first-order valence-electron chi connectivity index (χ1n) is 3.25. The summed E-state index contributed by atoms with van der Waals surface area (Å²) in [7, 11) is 1.61. The molecule has 60 valence electrons. The third-order valence-corrected chi connectivity index (χ3v) is 2.09. The first-order chi connectivity index (χ1) is 5.16. The highest BCUT2D eigenvalue weighted by Crippen LogP contribution is 2.29. The van der Waals surface area contributed by atoms with Crippen molar-refractivity contribution >= 4 is 17.3 Å². The van der Waals surface area contributed by atoms with Gasteiger partial charge in [0.1, 0.15) is 5.75 Å². The lowest BCUT2D eigenvalue weighted by atomic mass is 10.2. The van der Waals surface area contributed by atoms with Crippen molar-refractivity contribution in [2.45, 2.75) is 6.92 Å². The van der Waals surface area contributed by atoms with Crippen LogP contribution in [0.4, 0.5) is 5.69 Å². The van der Waals surface area contributed by atoms with Crippen molar-refractivity contribution in [2.24, 2.45) is 0 Å². The monoisotopic (exact) mass is 171 g/mol. The molecule has 2 N–H and O–H groups in total. The quantitative estimate of drug-likeness (QED) is 0.658. The molecule has 1 aromatic rings. The van der Waals surface area contributed by atoms with Gasteiger partial charge in [-0.15, -0.1) is 0 Å². The molecule has 11 heavy (non-hydrogen) atoms. The summed E-state index contributed by atoms with van der Waals surface area (Å²) in [5.41, 5.74) is 7.03. The highest BCUT2D eigenvalue weighted by atomic mass is 35.5. The maximum absolute atomic E-state index is 5.86. The lowest BCUT2D eigenvalue weighted by Crippen LogP contribution is -1.92. The molecule has 0 unspecified atom stereocenters. The van der Waals surface area contributed by atoms with E-state index in [-0.39, 0.29) is 0 Å². The summed E-state index contributed by atoms with van der Waals surface area (Å²) in [4.78, 5) is 0. The Morgan fingerprint density at radius 3 is 2.64 bits per heavy atom. The Morgan fingerprint density at radius 2 is 2.09 bits per heavy atom. The average Bonchev–Trinajstić information content (AvgIpc) is 2.01. The van der Waals surface area contributed by atoms with Crippen molar-refractivity contribution in [1.29, 1.82) is 0 Å². The molecule has 1 aromatic carbocycles. The zero-order chi connectivity index (χ0) is 8.43. The van der Waals surface area contributed by atoms with E-state index in [9.17, 15) is 0 Å². The van der Waals surface area contributed by atoms with Crippen LogP contribution in [-0.2, 0) is 0 Å². The second kappa shape index (κ2) is 3.01. The Kier molecular flexibility index (Phi) is 2.25. The second-order valence-electron chi connectivity index (χ2n) is 2.30. The van der Waals surface area contributed by atoms with Crippen molar-refractivity contribution in [2.75, 3.05) is 12.8 Å². The van der Waals surface area contributed by atoms with Gasteiger partial charge in [0, 0.05) is 5.56 Å². The highest BCUT2D eigenvalue weighted by molar-refractivity contribution is 6.34. The zero-order valence-electron chi connectivity index (χ0n) is 6.52. The first-order valence-corrected chi connectivity index (χ1v) is 3.63. The van der Waals surface area contributed by atoms with Crippen molar-refractivity contribution in [3.8, 4) is 5.75 Å². The molecule has 0 amide bonds. The SMILES string of the molecule is COc1ccc(N)c(Cl)c1C. The first kappa shape index (κ1) is 8.21. The molecular weight excluding hydrogens is 162 g/mol. The van der Waals surface area contributed by atoms with Gasteiger partial charge < -0.3 is 10.5 Å². The molecule has 0 saturated heterocycles. The molecule has 0 atom stereocenters. The Bertz CT molecular complexity index is 273. The second-order valence-corrected chi connectivity index (χ2v) is 2.67. The zero-order valence-corrected chi connectivity index (χ0v) is 7.27. The van der Waals surface area contributed by atoms with Crippen LogP contribution in [0.3, 0.4) is 0 Å². The number of rotatable bonds is 1. The summed E-state index contributed by atoms with van der Waals surface area (Å²) in [6, 6.07) is 3.53. The number of halogens is 1. The van der Waals surface area contributed by atoms with E-state index >= 15 is 0 Å². The van der Waals surface area contributed by atoms with E-state index < -0.39 is 0 Å². The van der Waals surface area contributed by atoms with Gasteiger partial charge in [-0.3, -0.25) is 0 Å². The van der Waals surface area contributed by atoms with Gasteiger partial charge in [0.15, 0.2) is 0 Å². The fraction of sp³-hybridized carbons (Fsp3) is 0.250. The van der Waals surface area contributed by atoms with E-state index in [0.717, 1.165) is 11.3 Å². The predicted molar refractivity (Wildman–Crippen MR) is 47.2 cm³/mol.